The Balaban J connectivity index is 1.25. The molecular weight excluding hydrogens is 396 g/mol. The third-order valence-electron chi connectivity index (χ3n) is 6.12. The van der Waals surface area contributed by atoms with E-state index >= 15 is 0 Å². The number of rotatable bonds is 4. The Morgan fingerprint density at radius 1 is 1.23 bits per heavy atom. The van der Waals surface area contributed by atoms with Gasteiger partial charge < -0.3 is 24.5 Å². The Bertz CT molecular complexity index is 1130. The number of aromatic amines is 1. The number of carbonyl (C=O) groups excluding carboxylic acids is 2. The lowest BCUT2D eigenvalue weighted by Gasteiger charge is -2.19. The molecule has 9 nitrogen and oxygen atoms in total. The van der Waals surface area contributed by atoms with Crippen molar-refractivity contribution < 1.29 is 14.3 Å². The average molecular weight is 422 g/mol. The third kappa shape index (κ3) is 3.93. The first-order chi connectivity index (χ1) is 15.1. The molecule has 1 atom stereocenters. The summed E-state index contributed by atoms with van der Waals surface area (Å²) in [7, 11) is 0. The van der Waals surface area contributed by atoms with E-state index in [1.807, 2.05) is 34.6 Å². The van der Waals surface area contributed by atoms with Crippen LogP contribution in [0.15, 0.2) is 24.3 Å². The predicted octanol–water partition coefficient (Wildman–Crippen LogP) is 1.42. The molecule has 2 aromatic heterocycles. The Kier molecular flexibility index (Phi) is 5.19. The summed E-state index contributed by atoms with van der Waals surface area (Å²) in [5.41, 5.74) is 2.73. The third-order valence-corrected chi connectivity index (χ3v) is 6.12. The number of nitrogens with one attached hydrogen (secondary N) is 2. The van der Waals surface area contributed by atoms with Gasteiger partial charge in [-0.3, -0.25) is 9.59 Å². The molecule has 2 N–H and O–H groups in total. The van der Waals surface area contributed by atoms with Crippen molar-refractivity contribution in [1.29, 1.82) is 0 Å². The van der Waals surface area contributed by atoms with Gasteiger partial charge in [-0.25, -0.2) is 0 Å². The van der Waals surface area contributed by atoms with Gasteiger partial charge in [-0.15, -0.1) is 10.2 Å². The molecule has 0 unspecified atom stereocenters. The highest BCUT2D eigenvalue weighted by atomic mass is 16.5. The van der Waals surface area contributed by atoms with E-state index in [2.05, 4.69) is 26.6 Å². The Labute approximate surface area is 179 Å². The molecular formula is C22H26N6O3. The van der Waals surface area contributed by atoms with Crippen LogP contribution in [-0.4, -0.2) is 62.8 Å². The molecule has 2 aliphatic heterocycles. The van der Waals surface area contributed by atoms with Gasteiger partial charge in [-0.05, 0) is 31.5 Å². The number of fused-ring (bicyclic) bond motifs is 2. The first-order valence-electron chi connectivity index (χ1n) is 10.7. The predicted molar refractivity (Wildman–Crippen MR) is 113 cm³/mol. The summed E-state index contributed by atoms with van der Waals surface area (Å²) in [4.78, 5) is 30.5. The molecule has 31 heavy (non-hydrogen) atoms. The second-order valence-electron chi connectivity index (χ2n) is 8.28. The zero-order valence-corrected chi connectivity index (χ0v) is 17.6. The molecule has 0 saturated carbocycles. The SMILES string of the molecule is Cc1ccc2[nH]c(C(=O)N3CCc4nnc(CNC(=O)[C@H]5CCOC5)n4CC3)cc2c1. The van der Waals surface area contributed by atoms with Crippen LogP contribution >= 0.6 is 0 Å². The van der Waals surface area contributed by atoms with Gasteiger partial charge in [-0.2, -0.15) is 0 Å². The molecule has 5 rings (SSSR count). The molecule has 162 valence electrons. The molecule has 1 saturated heterocycles. The highest BCUT2D eigenvalue weighted by Gasteiger charge is 2.26. The summed E-state index contributed by atoms with van der Waals surface area (Å²) in [6.07, 6.45) is 1.39. The van der Waals surface area contributed by atoms with E-state index in [1.54, 1.807) is 0 Å². The van der Waals surface area contributed by atoms with E-state index in [0.29, 0.717) is 51.5 Å². The van der Waals surface area contributed by atoms with Crippen LogP contribution < -0.4 is 5.32 Å². The highest BCUT2D eigenvalue weighted by molar-refractivity contribution is 5.98. The van der Waals surface area contributed by atoms with Gasteiger partial charge in [0.25, 0.3) is 5.91 Å². The molecule has 0 aliphatic carbocycles. The fourth-order valence-corrected chi connectivity index (χ4v) is 4.31. The van der Waals surface area contributed by atoms with E-state index in [1.165, 1.54) is 5.56 Å². The Hall–Kier alpha value is -3.20. The minimum absolute atomic E-state index is 0.00526. The number of carbonyl (C=O) groups is 2. The normalized spacial score (nSPS) is 18.7. The van der Waals surface area contributed by atoms with Crippen molar-refractivity contribution in [3.8, 4) is 0 Å². The number of hydrogen-bond acceptors (Lipinski definition) is 5. The molecule has 0 radical (unpaired) electrons. The molecule has 1 aromatic carbocycles. The van der Waals surface area contributed by atoms with Gasteiger partial charge in [0.2, 0.25) is 5.91 Å². The molecule has 0 spiro atoms. The van der Waals surface area contributed by atoms with Crippen LogP contribution in [-0.2, 0) is 29.0 Å². The van der Waals surface area contributed by atoms with Crippen molar-refractivity contribution in [2.24, 2.45) is 5.92 Å². The van der Waals surface area contributed by atoms with Crippen molar-refractivity contribution >= 4 is 22.7 Å². The quantitative estimate of drug-likeness (QED) is 0.662. The van der Waals surface area contributed by atoms with Crippen LogP contribution in [0.5, 0.6) is 0 Å². The first kappa shape index (κ1) is 19.7. The summed E-state index contributed by atoms with van der Waals surface area (Å²) >= 11 is 0. The van der Waals surface area contributed by atoms with Crippen molar-refractivity contribution in [2.45, 2.75) is 32.9 Å². The van der Waals surface area contributed by atoms with Gasteiger partial charge in [0.05, 0.1) is 19.1 Å². The number of benzene rings is 1. The number of H-pyrrole nitrogens is 1. The minimum atomic E-state index is -0.0836. The van der Waals surface area contributed by atoms with Crippen LogP contribution in [0.1, 0.15) is 34.1 Å². The van der Waals surface area contributed by atoms with E-state index in [9.17, 15) is 9.59 Å². The smallest absolute Gasteiger partial charge is 0.270 e. The van der Waals surface area contributed by atoms with E-state index in [-0.39, 0.29) is 17.7 Å². The van der Waals surface area contributed by atoms with Crippen molar-refractivity contribution in [1.82, 2.24) is 30.0 Å². The second kappa shape index (κ2) is 8.14. The maximum Gasteiger partial charge on any atom is 0.270 e. The van der Waals surface area contributed by atoms with E-state index < -0.39 is 0 Å². The van der Waals surface area contributed by atoms with Gasteiger partial charge >= 0.3 is 0 Å². The summed E-state index contributed by atoms with van der Waals surface area (Å²) in [5, 5.41) is 12.5. The zero-order chi connectivity index (χ0) is 21.4. The van der Waals surface area contributed by atoms with Crippen molar-refractivity contribution in [3.63, 3.8) is 0 Å². The first-order valence-corrected chi connectivity index (χ1v) is 10.7. The monoisotopic (exact) mass is 422 g/mol. The molecule has 2 aliphatic rings. The van der Waals surface area contributed by atoms with E-state index in [0.717, 1.165) is 29.0 Å². The lowest BCUT2D eigenvalue weighted by atomic mass is 10.1. The zero-order valence-electron chi connectivity index (χ0n) is 17.6. The molecule has 4 heterocycles. The summed E-state index contributed by atoms with van der Waals surface area (Å²) < 4.78 is 7.31. The maximum absolute atomic E-state index is 13.1. The van der Waals surface area contributed by atoms with Crippen LogP contribution in [0.3, 0.4) is 0 Å². The second-order valence-corrected chi connectivity index (χ2v) is 8.28. The van der Waals surface area contributed by atoms with Gasteiger partial charge in [0, 0.05) is 43.6 Å². The van der Waals surface area contributed by atoms with Crippen LogP contribution in [0.4, 0.5) is 0 Å². The largest absolute Gasteiger partial charge is 0.381 e. The van der Waals surface area contributed by atoms with Crippen LogP contribution in [0.25, 0.3) is 10.9 Å². The lowest BCUT2D eigenvalue weighted by Crippen LogP contribution is -2.34. The fraction of sp³-hybridized carbons (Fsp3) is 0.455. The standard InChI is InChI=1S/C22H26N6O3/c1-14-2-3-17-16(10-14)11-18(24-17)22(30)27-6-4-19-25-26-20(28(19)8-7-27)12-23-21(29)15-5-9-31-13-15/h2-3,10-11,15,24H,4-9,12-13H2,1H3,(H,23,29)/t15-/m0/s1. The Morgan fingerprint density at radius 3 is 2.97 bits per heavy atom. The highest BCUT2D eigenvalue weighted by Crippen LogP contribution is 2.19. The molecule has 0 bridgehead atoms. The number of aryl methyl sites for hydroxylation is 1. The number of hydrogen-bond donors (Lipinski definition) is 2. The van der Waals surface area contributed by atoms with Gasteiger partial charge in [-0.1, -0.05) is 11.6 Å². The van der Waals surface area contributed by atoms with Crippen molar-refractivity contribution in [2.75, 3.05) is 26.3 Å². The minimum Gasteiger partial charge on any atom is -0.381 e. The van der Waals surface area contributed by atoms with Crippen LogP contribution in [0.2, 0.25) is 0 Å². The van der Waals surface area contributed by atoms with Gasteiger partial charge in [0.15, 0.2) is 5.82 Å². The topological polar surface area (TPSA) is 105 Å². The summed E-state index contributed by atoms with van der Waals surface area (Å²) in [5.74, 6) is 1.46. The number of nitrogens with zero attached hydrogens (tertiary/aromatic N) is 4. The molecule has 9 heteroatoms. The van der Waals surface area contributed by atoms with Gasteiger partial charge in [0.1, 0.15) is 11.5 Å². The number of aromatic nitrogens is 4. The maximum atomic E-state index is 13.1. The average Bonchev–Trinajstić information content (AvgIpc) is 3.49. The van der Waals surface area contributed by atoms with E-state index in [4.69, 9.17) is 4.74 Å². The van der Waals surface area contributed by atoms with Crippen molar-refractivity contribution in [3.05, 3.63) is 47.2 Å². The lowest BCUT2D eigenvalue weighted by molar-refractivity contribution is -0.125. The number of amides is 2. The molecule has 1 fully saturated rings. The molecule has 2 amide bonds. The number of ether oxygens (including phenoxy) is 1. The summed E-state index contributed by atoms with van der Waals surface area (Å²) in [6, 6.07) is 8.03. The summed E-state index contributed by atoms with van der Waals surface area (Å²) in [6.45, 7) is 5.24. The fourth-order valence-electron chi connectivity index (χ4n) is 4.31. The molecule has 3 aromatic rings. The Morgan fingerprint density at radius 2 is 2.13 bits per heavy atom. The van der Waals surface area contributed by atoms with Crippen LogP contribution in [0, 0.1) is 12.8 Å².